The highest BCUT2D eigenvalue weighted by atomic mass is 16.2. The van der Waals surface area contributed by atoms with E-state index in [1.165, 1.54) is 0 Å². The fourth-order valence-electron chi connectivity index (χ4n) is 3.37. The monoisotopic (exact) mass is 335 g/mol. The molecular formula is C19H17N3O3. The molecule has 6 nitrogen and oxygen atoms in total. The molecule has 2 aromatic rings. The van der Waals surface area contributed by atoms with Crippen LogP contribution in [0.1, 0.15) is 34.3 Å². The average molecular weight is 335 g/mol. The van der Waals surface area contributed by atoms with Crippen molar-refractivity contribution < 1.29 is 14.4 Å². The number of rotatable bonds is 2. The predicted molar refractivity (Wildman–Crippen MR) is 90.5 cm³/mol. The standard InChI is InChI=1S/C19H17N3O3/c1-11-2-5-15(20-9-11)12-3-4-14-13(8-12)10-22(19(14)25)16-6-7-17(23)21-18(16)24/h2-5,8-9,16H,6-7,10H2,1H3,(H,21,23,24). The zero-order valence-corrected chi connectivity index (χ0v) is 13.8. The third kappa shape index (κ3) is 2.69. The Labute approximate surface area is 144 Å². The number of nitrogens with zero attached hydrogens (tertiary/aromatic N) is 2. The predicted octanol–water partition coefficient (Wildman–Crippen LogP) is 1.82. The molecule has 1 aromatic carbocycles. The Morgan fingerprint density at radius 2 is 2.00 bits per heavy atom. The van der Waals surface area contributed by atoms with E-state index in [1.54, 1.807) is 11.0 Å². The van der Waals surface area contributed by atoms with E-state index in [2.05, 4.69) is 10.3 Å². The van der Waals surface area contributed by atoms with Gasteiger partial charge in [-0.05, 0) is 42.7 Å². The van der Waals surface area contributed by atoms with Gasteiger partial charge in [0.2, 0.25) is 11.8 Å². The minimum atomic E-state index is -0.585. The van der Waals surface area contributed by atoms with E-state index in [4.69, 9.17) is 0 Å². The van der Waals surface area contributed by atoms with Crippen molar-refractivity contribution >= 4 is 17.7 Å². The maximum Gasteiger partial charge on any atom is 0.255 e. The number of imide groups is 1. The van der Waals surface area contributed by atoms with Gasteiger partial charge in [0.1, 0.15) is 6.04 Å². The first-order chi connectivity index (χ1) is 12.0. The van der Waals surface area contributed by atoms with Crippen LogP contribution in [0.15, 0.2) is 36.5 Å². The van der Waals surface area contributed by atoms with Gasteiger partial charge in [0.15, 0.2) is 0 Å². The van der Waals surface area contributed by atoms with E-state index in [-0.39, 0.29) is 18.2 Å². The number of amides is 3. The molecule has 126 valence electrons. The van der Waals surface area contributed by atoms with Crippen molar-refractivity contribution in [1.29, 1.82) is 0 Å². The van der Waals surface area contributed by atoms with E-state index in [9.17, 15) is 14.4 Å². The second kappa shape index (κ2) is 5.81. The summed E-state index contributed by atoms with van der Waals surface area (Å²) in [5.74, 6) is -0.830. The third-order valence-corrected chi connectivity index (χ3v) is 4.73. The van der Waals surface area contributed by atoms with Crippen molar-refractivity contribution in [3.05, 3.63) is 53.2 Å². The van der Waals surface area contributed by atoms with Crippen LogP contribution in [-0.4, -0.2) is 33.6 Å². The minimum absolute atomic E-state index is 0.159. The third-order valence-electron chi connectivity index (χ3n) is 4.73. The molecule has 1 atom stereocenters. The number of carbonyl (C=O) groups is 3. The Morgan fingerprint density at radius 1 is 1.16 bits per heavy atom. The first kappa shape index (κ1) is 15.5. The van der Waals surface area contributed by atoms with E-state index < -0.39 is 11.9 Å². The van der Waals surface area contributed by atoms with Gasteiger partial charge in [0.05, 0.1) is 5.69 Å². The number of hydrogen-bond donors (Lipinski definition) is 1. The number of pyridine rings is 1. The van der Waals surface area contributed by atoms with Crippen LogP contribution in [-0.2, 0) is 16.1 Å². The van der Waals surface area contributed by atoms with Gasteiger partial charge in [-0.3, -0.25) is 24.7 Å². The summed E-state index contributed by atoms with van der Waals surface area (Å²) in [6.45, 7) is 2.36. The molecule has 1 N–H and O–H groups in total. The van der Waals surface area contributed by atoms with Gasteiger partial charge < -0.3 is 4.90 Å². The molecule has 4 rings (SSSR count). The van der Waals surface area contributed by atoms with Crippen LogP contribution in [0.2, 0.25) is 0 Å². The topological polar surface area (TPSA) is 79.4 Å². The van der Waals surface area contributed by atoms with Crippen LogP contribution in [0, 0.1) is 6.92 Å². The molecule has 0 bridgehead atoms. The molecule has 2 aliphatic heterocycles. The lowest BCUT2D eigenvalue weighted by molar-refractivity contribution is -0.136. The quantitative estimate of drug-likeness (QED) is 0.849. The number of aromatic nitrogens is 1. The second-order valence-corrected chi connectivity index (χ2v) is 6.49. The lowest BCUT2D eigenvalue weighted by Crippen LogP contribution is -2.52. The molecule has 0 radical (unpaired) electrons. The molecule has 0 spiro atoms. The van der Waals surface area contributed by atoms with Crippen molar-refractivity contribution in [2.24, 2.45) is 0 Å². The molecule has 0 aliphatic carbocycles. The van der Waals surface area contributed by atoms with Gasteiger partial charge in [-0.2, -0.15) is 0 Å². The van der Waals surface area contributed by atoms with Crippen molar-refractivity contribution in [2.45, 2.75) is 32.4 Å². The maximum absolute atomic E-state index is 12.7. The highest BCUT2D eigenvalue weighted by Gasteiger charge is 2.39. The summed E-state index contributed by atoms with van der Waals surface area (Å²) in [6, 6.07) is 8.99. The summed E-state index contributed by atoms with van der Waals surface area (Å²) < 4.78 is 0. The van der Waals surface area contributed by atoms with Crippen LogP contribution in [0.25, 0.3) is 11.3 Å². The number of fused-ring (bicyclic) bond motifs is 1. The number of hydrogen-bond acceptors (Lipinski definition) is 4. The van der Waals surface area contributed by atoms with Crippen LogP contribution in [0.5, 0.6) is 0 Å². The number of aryl methyl sites for hydroxylation is 1. The Balaban J connectivity index is 1.62. The Morgan fingerprint density at radius 3 is 2.72 bits per heavy atom. The van der Waals surface area contributed by atoms with E-state index in [0.29, 0.717) is 18.5 Å². The molecule has 6 heteroatoms. The van der Waals surface area contributed by atoms with Crippen molar-refractivity contribution in [3.8, 4) is 11.3 Å². The van der Waals surface area contributed by atoms with Gasteiger partial charge in [-0.15, -0.1) is 0 Å². The normalized spacial score (nSPS) is 19.8. The van der Waals surface area contributed by atoms with Gasteiger partial charge in [-0.25, -0.2) is 0 Å². The largest absolute Gasteiger partial charge is 0.322 e. The Bertz CT molecular complexity index is 889. The van der Waals surface area contributed by atoms with Crippen LogP contribution < -0.4 is 5.32 Å². The second-order valence-electron chi connectivity index (χ2n) is 6.49. The smallest absolute Gasteiger partial charge is 0.255 e. The van der Waals surface area contributed by atoms with Crippen molar-refractivity contribution in [3.63, 3.8) is 0 Å². The first-order valence-corrected chi connectivity index (χ1v) is 8.23. The Hall–Kier alpha value is -3.02. The molecule has 1 aromatic heterocycles. The summed E-state index contributed by atoms with van der Waals surface area (Å²) in [6.07, 6.45) is 2.44. The van der Waals surface area contributed by atoms with E-state index in [1.807, 2.05) is 37.4 Å². The van der Waals surface area contributed by atoms with E-state index in [0.717, 1.165) is 22.4 Å². The zero-order valence-electron chi connectivity index (χ0n) is 13.8. The molecule has 3 heterocycles. The van der Waals surface area contributed by atoms with Gasteiger partial charge >= 0.3 is 0 Å². The fraction of sp³-hybridized carbons (Fsp3) is 0.263. The molecule has 3 amide bonds. The zero-order chi connectivity index (χ0) is 17.6. The molecule has 2 aliphatic rings. The summed E-state index contributed by atoms with van der Waals surface area (Å²) >= 11 is 0. The molecule has 1 saturated heterocycles. The van der Waals surface area contributed by atoms with Crippen LogP contribution in [0.4, 0.5) is 0 Å². The van der Waals surface area contributed by atoms with Gasteiger partial charge in [0.25, 0.3) is 5.91 Å². The fourth-order valence-corrected chi connectivity index (χ4v) is 3.37. The van der Waals surface area contributed by atoms with Crippen molar-refractivity contribution in [1.82, 2.24) is 15.2 Å². The molecular weight excluding hydrogens is 318 g/mol. The maximum atomic E-state index is 12.7. The molecule has 25 heavy (non-hydrogen) atoms. The molecule has 0 saturated carbocycles. The van der Waals surface area contributed by atoms with Crippen LogP contribution >= 0.6 is 0 Å². The van der Waals surface area contributed by atoms with Crippen LogP contribution in [0.3, 0.4) is 0 Å². The van der Waals surface area contributed by atoms with Gasteiger partial charge in [-0.1, -0.05) is 12.1 Å². The average Bonchev–Trinajstić information content (AvgIpc) is 2.92. The lowest BCUT2D eigenvalue weighted by Gasteiger charge is -2.29. The lowest BCUT2D eigenvalue weighted by atomic mass is 10.0. The number of carbonyl (C=O) groups excluding carboxylic acids is 3. The first-order valence-electron chi connectivity index (χ1n) is 8.23. The van der Waals surface area contributed by atoms with Gasteiger partial charge in [0, 0.05) is 30.3 Å². The SMILES string of the molecule is Cc1ccc(-c2ccc3c(c2)CN(C2CCC(=O)NC2=O)C3=O)nc1. The highest BCUT2D eigenvalue weighted by molar-refractivity contribution is 6.05. The summed E-state index contributed by atoms with van der Waals surface area (Å²) in [4.78, 5) is 42.0. The summed E-state index contributed by atoms with van der Waals surface area (Å²) in [5.41, 5.74) is 4.37. The number of benzene rings is 1. The minimum Gasteiger partial charge on any atom is -0.322 e. The number of nitrogens with one attached hydrogen (secondary N) is 1. The molecule has 1 fully saturated rings. The van der Waals surface area contributed by atoms with E-state index >= 15 is 0 Å². The Kier molecular flexibility index (Phi) is 3.60. The molecule has 1 unspecified atom stereocenters. The summed E-state index contributed by atoms with van der Waals surface area (Å²) in [7, 11) is 0. The number of piperidine rings is 1. The van der Waals surface area contributed by atoms with Crippen molar-refractivity contribution in [2.75, 3.05) is 0 Å². The summed E-state index contributed by atoms with van der Waals surface area (Å²) in [5, 5.41) is 2.31. The highest BCUT2D eigenvalue weighted by Crippen LogP contribution is 2.30.